The number of esters is 2. The van der Waals surface area contributed by atoms with Crippen LogP contribution in [0.2, 0.25) is 0 Å². The molecule has 0 aliphatic carbocycles. The summed E-state index contributed by atoms with van der Waals surface area (Å²) in [6, 6.07) is 0. The molecule has 0 bridgehead atoms. The Labute approximate surface area is 247 Å². The Morgan fingerprint density at radius 3 is 2.23 bits per heavy atom. The van der Waals surface area contributed by atoms with Gasteiger partial charge in [-0.05, 0) is 50.8 Å². The van der Waals surface area contributed by atoms with Crippen molar-refractivity contribution in [1.29, 1.82) is 0 Å². The fraction of sp³-hybridized carbons (Fsp3) is 0.731. The second-order valence-corrected chi connectivity index (χ2v) is 12.2. The molecule has 2 aliphatic rings. The molecular weight excluding hydrogens is 640 g/mol. The van der Waals surface area contributed by atoms with Crippen LogP contribution in [-0.2, 0) is 28.7 Å². The van der Waals surface area contributed by atoms with Crippen LogP contribution in [0.4, 0.5) is 0 Å². The number of unbranched alkanes of at least 4 members (excludes halogenated alkanes) is 8. The van der Waals surface area contributed by atoms with Crippen LogP contribution < -0.4 is 0 Å². The summed E-state index contributed by atoms with van der Waals surface area (Å²) in [5.41, 5.74) is 0.292. The summed E-state index contributed by atoms with van der Waals surface area (Å²) in [7, 11) is 1.28. The van der Waals surface area contributed by atoms with Crippen molar-refractivity contribution in [3.63, 3.8) is 0 Å². The van der Waals surface area contributed by atoms with Crippen molar-refractivity contribution >= 4 is 49.7 Å². The molecule has 11 nitrogen and oxygen atoms in total. The van der Waals surface area contributed by atoms with Crippen LogP contribution in [0.5, 0.6) is 0 Å². The third-order valence-electron chi connectivity index (χ3n) is 6.65. The summed E-state index contributed by atoms with van der Waals surface area (Å²) in [6.07, 6.45) is 11.6. The van der Waals surface area contributed by atoms with Crippen LogP contribution in [0.3, 0.4) is 0 Å². The van der Waals surface area contributed by atoms with Crippen LogP contribution in [-0.4, -0.2) is 72.1 Å². The van der Waals surface area contributed by atoms with Gasteiger partial charge in [0.2, 0.25) is 11.2 Å². The largest absolute Gasteiger partial charge is 0.569 e. The first-order valence-electron chi connectivity index (χ1n) is 13.7. The molecule has 2 rings (SSSR count). The first-order chi connectivity index (χ1) is 18.8. The average Bonchev–Trinajstić information content (AvgIpc) is 3.32. The quantitative estimate of drug-likeness (QED) is 0.0638. The van der Waals surface area contributed by atoms with Gasteiger partial charge >= 0.3 is 11.9 Å². The zero-order chi connectivity index (χ0) is 28.6. The number of hydrazine groups is 1. The van der Waals surface area contributed by atoms with Crippen molar-refractivity contribution in [2.24, 2.45) is 5.28 Å². The Balaban J connectivity index is 1.84. The highest BCUT2D eigenvalue weighted by molar-refractivity contribution is 9.28. The van der Waals surface area contributed by atoms with E-state index in [1.807, 2.05) is 0 Å². The van der Waals surface area contributed by atoms with E-state index in [4.69, 9.17) is 9.47 Å². The zero-order valence-electron chi connectivity index (χ0n) is 22.9. The molecule has 39 heavy (non-hydrogen) atoms. The van der Waals surface area contributed by atoms with Crippen molar-refractivity contribution in [2.75, 3.05) is 33.3 Å². The summed E-state index contributed by atoms with van der Waals surface area (Å²) in [6.45, 7) is 3.50. The first-order valence-corrected chi connectivity index (χ1v) is 15.3. The van der Waals surface area contributed by atoms with E-state index in [0.717, 1.165) is 19.3 Å². The minimum absolute atomic E-state index is 0.0191. The van der Waals surface area contributed by atoms with Gasteiger partial charge in [-0.1, -0.05) is 58.3 Å². The molecule has 0 N–H and O–H groups in total. The van der Waals surface area contributed by atoms with Crippen molar-refractivity contribution in [2.45, 2.75) is 90.1 Å². The second kappa shape index (κ2) is 18.2. The van der Waals surface area contributed by atoms with Gasteiger partial charge in [0, 0.05) is 19.5 Å². The molecule has 1 amide bonds. The number of allylic oxidation sites excluding steroid dienone is 1. The number of rotatable bonds is 17. The lowest BCUT2D eigenvalue weighted by molar-refractivity contribution is -0.711. The van der Waals surface area contributed by atoms with Crippen LogP contribution in [0.15, 0.2) is 26.1 Å². The summed E-state index contributed by atoms with van der Waals surface area (Å²) < 4.78 is 11.5. The molecule has 0 aromatic heterocycles. The lowest BCUT2D eigenvalue weighted by Gasteiger charge is -2.31. The van der Waals surface area contributed by atoms with Gasteiger partial charge in [0.05, 0.1) is 30.1 Å². The summed E-state index contributed by atoms with van der Waals surface area (Å²) in [5.74, 6) is -0.961. The lowest BCUT2D eigenvalue weighted by atomic mass is 10.0. The predicted molar refractivity (Wildman–Crippen MR) is 151 cm³/mol. The molecule has 13 heteroatoms. The number of cyclic esters (lactones) is 1. The van der Waals surface area contributed by atoms with Crippen LogP contribution >= 0.6 is 31.9 Å². The van der Waals surface area contributed by atoms with E-state index in [-0.39, 0.29) is 18.7 Å². The number of ether oxygens (including phenoxy) is 2. The Morgan fingerprint density at radius 1 is 1.05 bits per heavy atom. The van der Waals surface area contributed by atoms with E-state index in [1.54, 1.807) is 11.0 Å². The number of nitrogens with zero attached hydrogens (tertiary/aromatic N) is 4. The van der Waals surface area contributed by atoms with E-state index >= 15 is 0 Å². The van der Waals surface area contributed by atoms with E-state index < -0.39 is 18.0 Å². The Kier molecular flexibility index (Phi) is 15.5. The monoisotopic (exact) mass is 678 g/mol. The molecule has 1 saturated heterocycles. The van der Waals surface area contributed by atoms with Crippen LogP contribution in [0, 0.1) is 5.21 Å². The highest BCUT2D eigenvalue weighted by Crippen LogP contribution is 2.31. The first kappa shape index (κ1) is 33.1. The van der Waals surface area contributed by atoms with E-state index in [9.17, 15) is 19.6 Å². The smallest absolute Gasteiger partial charge is 0.343 e. The average molecular weight is 680 g/mol. The fourth-order valence-electron chi connectivity index (χ4n) is 4.45. The van der Waals surface area contributed by atoms with Gasteiger partial charge < -0.3 is 24.4 Å². The Hall–Kier alpha value is -2.15. The maximum Gasteiger partial charge on any atom is 0.343 e. The topological polar surface area (TPSA) is 124 Å². The predicted octanol–water partition coefficient (Wildman–Crippen LogP) is 5.62. The number of carbonyl (C=O) groups excluding carboxylic acids is 3. The lowest BCUT2D eigenvalue weighted by Crippen LogP contribution is -2.50. The fourth-order valence-corrected chi connectivity index (χ4v) is 4.84. The van der Waals surface area contributed by atoms with E-state index in [2.05, 4.69) is 48.9 Å². The van der Waals surface area contributed by atoms with Crippen molar-refractivity contribution in [1.82, 2.24) is 9.91 Å². The number of amides is 1. The summed E-state index contributed by atoms with van der Waals surface area (Å²) >= 11 is 6.50. The highest BCUT2D eigenvalue weighted by atomic mass is 79.9. The minimum Gasteiger partial charge on any atom is -0.569 e. The van der Waals surface area contributed by atoms with Gasteiger partial charge in [0.1, 0.15) is 16.6 Å². The molecule has 0 aromatic rings. The zero-order valence-corrected chi connectivity index (χ0v) is 26.0. The van der Waals surface area contributed by atoms with Gasteiger partial charge in [0.15, 0.2) is 5.76 Å². The van der Waals surface area contributed by atoms with Gasteiger partial charge in [-0.15, -0.1) is 5.01 Å². The molecule has 0 saturated carbocycles. The molecule has 0 aromatic carbocycles. The van der Waals surface area contributed by atoms with E-state index in [0.29, 0.717) is 52.3 Å². The number of carbonyl (C=O) groups is 3. The molecule has 1 atom stereocenters. The standard InChI is InChI=1S/C26H40Br2N4O7/c1-3-4-5-6-7-8-9-10-11-12-21(20-19-22(25(27)28)39-26(20)35)38-24(34)14-13-23(33)30-15-17-31(18-16-30)32(36)29-37-2/h19,21H,3-18H2,1-2H3/b32-29-. The van der Waals surface area contributed by atoms with Crippen molar-refractivity contribution in [3.8, 4) is 0 Å². The normalized spacial score (nSPS) is 16.6. The molecule has 0 radical (unpaired) electrons. The number of piperazine rings is 1. The molecule has 1 fully saturated rings. The Bertz CT molecular complexity index is 914. The second-order valence-electron chi connectivity index (χ2n) is 9.56. The van der Waals surface area contributed by atoms with Crippen molar-refractivity contribution in [3.05, 3.63) is 26.0 Å². The van der Waals surface area contributed by atoms with Gasteiger partial charge in [-0.2, -0.15) is 0 Å². The van der Waals surface area contributed by atoms with Crippen molar-refractivity contribution < 1.29 is 33.7 Å². The maximum atomic E-state index is 12.7. The van der Waals surface area contributed by atoms with Gasteiger partial charge in [0.25, 0.3) is 0 Å². The molecule has 0 spiro atoms. The Morgan fingerprint density at radius 2 is 1.67 bits per heavy atom. The molecule has 2 heterocycles. The number of hydrogen-bond acceptors (Lipinski definition) is 8. The van der Waals surface area contributed by atoms with Gasteiger partial charge in [-0.25, -0.2) is 4.79 Å². The van der Waals surface area contributed by atoms with Crippen LogP contribution in [0.25, 0.3) is 0 Å². The minimum atomic E-state index is -0.738. The SMILES string of the molecule is CCCCCCCCCCCC(OC(=O)CCC(=O)N1CCN(/[N+]([O-])=N/OC)CC1)C1=CC(=C(Br)Br)OC1=O. The molecule has 220 valence electrons. The molecule has 2 aliphatic heterocycles. The third kappa shape index (κ3) is 11.9. The highest BCUT2D eigenvalue weighted by Gasteiger charge is 2.32. The van der Waals surface area contributed by atoms with E-state index in [1.165, 1.54) is 50.6 Å². The summed E-state index contributed by atoms with van der Waals surface area (Å²) in [5, 5.41) is 16.4. The number of halogens is 2. The van der Waals surface area contributed by atoms with Gasteiger partial charge in [-0.3, -0.25) is 9.59 Å². The molecule has 1 unspecified atom stereocenters. The molecular formula is C26H40Br2N4O7. The number of hydrogen-bond donors (Lipinski definition) is 0. The summed E-state index contributed by atoms with van der Waals surface area (Å²) in [4.78, 5) is 44.3. The van der Waals surface area contributed by atoms with Crippen LogP contribution in [0.1, 0.15) is 84.0 Å². The third-order valence-corrected chi connectivity index (χ3v) is 7.43. The maximum absolute atomic E-state index is 12.7.